The van der Waals surface area contributed by atoms with E-state index in [1.54, 1.807) is 32.4 Å². The minimum absolute atomic E-state index is 0.00272. The molecule has 0 radical (unpaired) electrons. The van der Waals surface area contributed by atoms with E-state index >= 15 is 0 Å². The van der Waals surface area contributed by atoms with E-state index in [2.05, 4.69) is 5.32 Å². The minimum atomic E-state index is -0.696. The van der Waals surface area contributed by atoms with Gasteiger partial charge < -0.3 is 24.4 Å². The summed E-state index contributed by atoms with van der Waals surface area (Å²) in [6, 6.07) is 10.7. The van der Waals surface area contributed by atoms with Crippen molar-refractivity contribution in [3.05, 3.63) is 47.5 Å². The smallest absolute Gasteiger partial charge is 0.163 e. The van der Waals surface area contributed by atoms with Crippen LogP contribution in [0.2, 0.25) is 0 Å². The van der Waals surface area contributed by atoms with Gasteiger partial charge in [0.15, 0.2) is 23.0 Å². The SMILES string of the molecule is CNCOc1ccc(CCC(O)CC(=O)CCc2ccc(O)c(OC)c2)cc1OC. The number of aliphatic hydroxyl groups excluding tert-OH is 1. The van der Waals surface area contributed by atoms with Gasteiger partial charge in [-0.2, -0.15) is 0 Å². The molecule has 2 aromatic carbocycles. The average Bonchev–Trinajstić information content (AvgIpc) is 2.75. The Balaban J connectivity index is 1.79. The van der Waals surface area contributed by atoms with Gasteiger partial charge in [-0.3, -0.25) is 10.1 Å². The first-order valence-electron chi connectivity index (χ1n) is 9.96. The molecule has 0 aliphatic heterocycles. The molecule has 2 rings (SSSR count). The lowest BCUT2D eigenvalue weighted by Gasteiger charge is -2.13. The molecule has 7 nitrogen and oxygen atoms in total. The topological polar surface area (TPSA) is 97.2 Å². The average molecular weight is 418 g/mol. The lowest BCUT2D eigenvalue weighted by Crippen LogP contribution is -2.15. The summed E-state index contributed by atoms with van der Waals surface area (Å²) in [6.45, 7) is 0.382. The third kappa shape index (κ3) is 7.24. The van der Waals surface area contributed by atoms with Crippen molar-refractivity contribution in [2.24, 2.45) is 0 Å². The van der Waals surface area contributed by atoms with Crippen molar-refractivity contribution in [2.75, 3.05) is 28.0 Å². The molecule has 7 heteroatoms. The Kier molecular flexibility index (Phi) is 9.44. The van der Waals surface area contributed by atoms with Crippen molar-refractivity contribution in [1.82, 2.24) is 5.32 Å². The fraction of sp³-hybridized carbons (Fsp3) is 0.435. The molecular formula is C23H31NO6. The predicted octanol–water partition coefficient (Wildman–Crippen LogP) is 2.85. The van der Waals surface area contributed by atoms with Crippen LogP contribution in [0, 0.1) is 0 Å². The molecule has 1 unspecified atom stereocenters. The zero-order valence-electron chi connectivity index (χ0n) is 17.8. The Morgan fingerprint density at radius 1 is 1.00 bits per heavy atom. The number of methoxy groups -OCH3 is 2. The molecule has 0 aliphatic rings. The highest BCUT2D eigenvalue weighted by molar-refractivity contribution is 5.79. The third-order valence-electron chi connectivity index (χ3n) is 4.77. The van der Waals surface area contributed by atoms with Crippen LogP contribution in [0.1, 0.15) is 30.4 Å². The summed E-state index contributed by atoms with van der Waals surface area (Å²) in [4.78, 5) is 12.2. The van der Waals surface area contributed by atoms with Crippen molar-refractivity contribution < 1.29 is 29.2 Å². The van der Waals surface area contributed by atoms with Crippen molar-refractivity contribution in [3.63, 3.8) is 0 Å². The second kappa shape index (κ2) is 12.0. The van der Waals surface area contributed by atoms with E-state index in [4.69, 9.17) is 14.2 Å². The number of nitrogens with one attached hydrogen (secondary N) is 1. The largest absolute Gasteiger partial charge is 0.504 e. The number of carbonyl (C=O) groups is 1. The van der Waals surface area contributed by atoms with Gasteiger partial charge in [-0.05, 0) is 61.7 Å². The van der Waals surface area contributed by atoms with Gasteiger partial charge in [-0.1, -0.05) is 12.1 Å². The molecule has 0 fully saturated rings. The maximum atomic E-state index is 12.2. The van der Waals surface area contributed by atoms with Gasteiger partial charge in [-0.25, -0.2) is 0 Å². The number of aromatic hydroxyl groups is 1. The molecule has 0 aromatic heterocycles. The van der Waals surface area contributed by atoms with Gasteiger partial charge in [0.25, 0.3) is 0 Å². The maximum absolute atomic E-state index is 12.2. The highest BCUT2D eigenvalue weighted by Crippen LogP contribution is 2.29. The quantitative estimate of drug-likeness (QED) is 0.431. The normalized spacial score (nSPS) is 11.7. The van der Waals surface area contributed by atoms with Crippen molar-refractivity contribution in [1.29, 1.82) is 0 Å². The summed E-state index contributed by atoms with van der Waals surface area (Å²) >= 11 is 0. The molecule has 2 aromatic rings. The first-order valence-corrected chi connectivity index (χ1v) is 9.96. The number of aliphatic hydroxyl groups is 1. The number of benzene rings is 2. The molecule has 0 bridgehead atoms. The fourth-order valence-corrected chi connectivity index (χ4v) is 3.10. The van der Waals surface area contributed by atoms with E-state index in [0.717, 1.165) is 11.1 Å². The summed E-state index contributed by atoms with van der Waals surface area (Å²) in [5.74, 6) is 1.75. The maximum Gasteiger partial charge on any atom is 0.163 e. The number of carbonyl (C=O) groups excluding carboxylic acids is 1. The summed E-state index contributed by atoms with van der Waals surface area (Å²) in [5, 5.41) is 22.8. The lowest BCUT2D eigenvalue weighted by atomic mass is 10.00. The number of hydrogen-bond donors (Lipinski definition) is 3. The zero-order chi connectivity index (χ0) is 21.9. The molecular weight excluding hydrogens is 386 g/mol. The van der Waals surface area contributed by atoms with E-state index in [9.17, 15) is 15.0 Å². The summed E-state index contributed by atoms with van der Waals surface area (Å²) in [6.07, 6.45) is 1.41. The Bertz CT molecular complexity index is 823. The van der Waals surface area contributed by atoms with Crippen LogP contribution in [0.25, 0.3) is 0 Å². The van der Waals surface area contributed by atoms with E-state index in [0.29, 0.717) is 49.7 Å². The van der Waals surface area contributed by atoms with Crippen LogP contribution >= 0.6 is 0 Å². The number of rotatable bonds is 13. The van der Waals surface area contributed by atoms with Crippen LogP contribution in [0.3, 0.4) is 0 Å². The van der Waals surface area contributed by atoms with Crippen LogP contribution < -0.4 is 19.5 Å². The van der Waals surface area contributed by atoms with Crippen molar-refractivity contribution in [3.8, 4) is 23.0 Å². The second-order valence-corrected chi connectivity index (χ2v) is 7.07. The van der Waals surface area contributed by atoms with Crippen molar-refractivity contribution >= 4 is 5.78 Å². The number of Topliss-reactive ketones (excluding diaryl/α,β-unsaturated/α-hetero) is 1. The number of aryl methyl sites for hydroxylation is 2. The standard InChI is InChI=1S/C23H31NO6/c1-24-15-30-21-11-7-17(13-23(21)29-3)5-9-19(26)14-18(25)8-4-16-6-10-20(27)22(12-16)28-2/h6-7,10-13,19,24,26-27H,4-5,8-9,14-15H2,1-3H3. The minimum Gasteiger partial charge on any atom is -0.504 e. The van der Waals surface area contributed by atoms with E-state index in [-0.39, 0.29) is 18.0 Å². The Labute approximate surface area is 177 Å². The molecule has 0 saturated carbocycles. The molecule has 1 atom stereocenters. The van der Waals surface area contributed by atoms with Gasteiger partial charge in [0.05, 0.1) is 20.3 Å². The number of phenolic OH excluding ortho intramolecular Hbond substituents is 1. The van der Waals surface area contributed by atoms with Gasteiger partial charge in [0.2, 0.25) is 0 Å². The number of hydrogen-bond acceptors (Lipinski definition) is 7. The number of phenols is 1. The summed E-state index contributed by atoms with van der Waals surface area (Å²) in [5.41, 5.74) is 1.91. The van der Waals surface area contributed by atoms with Gasteiger partial charge in [-0.15, -0.1) is 0 Å². The Morgan fingerprint density at radius 2 is 1.67 bits per heavy atom. The van der Waals surface area contributed by atoms with Crippen molar-refractivity contribution in [2.45, 2.75) is 38.2 Å². The van der Waals surface area contributed by atoms with Crippen LogP contribution in [0.15, 0.2) is 36.4 Å². The second-order valence-electron chi connectivity index (χ2n) is 7.07. The summed E-state index contributed by atoms with van der Waals surface area (Å²) in [7, 11) is 4.87. The molecule has 0 heterocycles. The van der Waals surface area contributed by atoms with E-state index in [1.807, 2.05) is 18.2 Å². The van der Waals surface area contributed by atoms with Crippen LogP contribution in [0.5, 0.6) is 23.0 Å². The van der Waals surface area contributed by atoms with Gasteiger partial charge in [0, 0.05) is 12.8 Å². The van der Waals surface area contributed by atoms with Gasteiger partial charge >= 0.3 is 0 Å². The molecule has 0 saturated heterocycles. The Hall–Kier alpha value is -2.77. The molecule has 0 spiro atoms. The number of ketones is 1. The van der Waals surface area contributed by atoms with E-state index in [1.165, 1.54) is 7.11 Å². The first kappa shape index (κ1) is 23.5. The molecule has 30 heavy (non-hydrogen) atoms. The molecule has 0 amide bonds. The predicted molar refractivity (Wildman–Crippen MR) is 114 cm³/mol. The molecule has 3 N–H and O–H groups in total. The summed E-state index contributed by atoms with van der Waals surface area (Å²) < 4.78 is 16.0. The van der Waals surface area contributed by atoms with Crippen LogP contribution in [-0.2, 0) is 17.6 Å². The number of ether oxygens (including phenoxy) is 3. The van der Waals surface area contributed by atoms with E-state index < -0.39 is 6.10 Å². The Morgan fingerprint density at radius 3 is 2.37 bits per heavy atom. The molecule has 164 valence electrons. The molecule has 0 aliphatic carbocycles. The highest BCUT2D eigenvalue weighted by atomic mass is 16.5. The zero-order valence-corrected chi connectivity index (χ0v) is 17.8. The third-order valence-corrected chi connectivity index (χ3v) is 4.77. The van der Waals surface area contributed by atoms with Gasteiger partial charge in [0.1, 0.15) is 12.5 Å². The highest BCUT2D eigenvalue weighted by Gasteiger charge is 2.13. The van der Waals surface area contributed by atoms with Crippen LogP contribution in [-0.4, -0.2) is 50.1 Å². The lowest BCUT2D eigenvalue weighted by molar-refractivity contribution is -0.120. The monoisotopic (exact) mass is 417 g/mol. The first-order chi connectivity index (χ1) is 14.5. The van der Waals surface area contributed by atoms with Crippen LogP contribution in [0.4, 0.5) is 0 Å². The fourth-order valence-electron chi connectivity index (χ4n) is 3.10.